The van der Waals surface area contributed by atoms with E-state index >= 15 is 0 Å². The first-order valence-electron chi connectivity index (χ1n) is 3.92. The molecule has 2 unspecified atom stereocenters. The first kappa shape index (κ1) is 10.3. The Morgan fingerprint density at radius 1 is 1.62 bits per heavy atom. The number of carbonyl (C=O) groups excluding carboxylic acids is 1. The monoisotopic (exact) mass is 195 g/mol. The minimum absolute atomic E-state index is 0.0304. The van der Waals surface area contributed by atoms with Gasteiger partial charge in [0.25, 0.3) is 6.43 Å². The van der Waals surface area contributed by atoms with Crippen LogP contribution in [-0.2, 0) is 4.79 Å². The van der Waals surface area contributed by atoms with E-state index in [0.717, 1.165) is 4.90 Å². The van der Waals surface area contributed by atoms with Crippen molar-refractivity contribution in [2.24, 2.45) is 0 Å². The molecule has 1 aliphatic heterocycles. The van der Waals surface area contributed by atoms with Crippen LogP contribution in [0.25, 0.3) is 0 Å². The van der Waals surface area contributed by atoms with Gasteiger partial charge in [0.05, 0.1) is 19.1 Å². The normalized spacial score (nSPS) is 25.8. The molecule has 6 heteroatoms. The second-order valence-corrected chi connectivity index (χ2v) is 3.06. The highest BCUT2D eigenvalue weighted by molar-refractivity contribution is 5.79. The fourth-order valence-corrected chi connectivity index (χ4v) is 1.23. The summed E-state index contributed by atoms with van der Waals surface area (Å²) in [6.07, 6.45) is -5.52. The molecule has 1 aliphatic rings. The molecule has 4 nitrogen and oxygen atoms in total. The molecule has 2 N–H and O–H groups in total. The van der Waals surface area contributed by atoms with Crippen LogP contribution in [0.3, 0.4) is 0 Å². The Labute approximate surface area is 73.8 Å². The number of rotatable bonds is 3. The lowest BCUT2D eigenvalue weighted by Gasteiger charge is -2.19. The van der Waals surface area contributed by atoms with Crippen molar-refractivity contribution in [1.82, 2.24) is 4.90 Å². The summed E-state index contributed by atoms with van der Waals surface area (Å²) in [5.41, 5.74) is 0. The van der Waals surface area contributed by atoms with Crippen LogP contribution in [0, 0.1) is 0 Å². The summed E-state index contributed by atoms with van der Waals surface area (Å²) in [4.78, 5) is 12.0. The van der Waals surface area contributed by atoms with Gasteiger partial charge in [0.2, 0.25) is 5.91 Å². The van der Waals surface area contributed by atoms with Gasteiger partial charge in [-0.25, -0.2) is 8.78 Å². The first-order valence-corrected chi connectivity index (χ1v) is 3.92. The van der Waals surface area contributed by atoms with Gasteiger partial charge in [0, 0.05) is 6.54 Å². The largest absolute Gasteiger partial charge is 0.391 e. The van der Waals surface area contributed by atoms with Crippen LogP contribution in [0.1, 0.15) is 6.42 Å². The Balaban J connectivity index is 2.41. The molecule has 0 aliphatic carbocycles. The number of aliphatic hydroxyl groups excluding tert-OH is 2. The molecule has 2 atom stereocenters. The molecule has 1 fully saturated rings. The van der Waals surface area contributed by atoms with Crippen molar-refractivity contribution < 1.29 is 23.8 Å². The number of halogens is 2. The maximum absolute atomic E-state index is 11.9. The molecule has 0 bridgehead atoms. The summed E-state index contributed by atoms with van der Waals surface area (Å²) < 4.78 is 23.7. The van der Waals surface area contributed by atoms with Crippen molar-refractivity contribution in [2.45, 2.75) is 25.1 Å². The zero-order chi connectivity index (χ0) is 10.0. The third-order valence-electron chi connectivity index (χ3n) is 1.89. The van der Waals surface area contributed by atoms with Crippen LogP contribution in [0.2, 0.25) is 0 Å². The van der Waals surface area contributed by atoms with E-state index in [4.69, 9.17) is 10.2 Å². The summed E-state index contributed by atoms with van der Waals surface area (Å²) in [5.74, 6) is -0.396. The zero-order valence-corrected chi connectivity index (χ0v) is 6.86. The molecular formula is C7H11F2NO3. The molecule has 1 heterocycles. The van der Waals surface area contributed by atoms with Crippen LogP contribution in [-0.4, -0.2) is 52.7 Å². The van der Waals surface area contributed by atoms with Crippen LogP contribution >= 0.6 is 0 Å². The predicted octanol–water partition coefficient (Wildman–Crippen LogP) is -0.794. The smallest absolute Gasteiger partial charge is 0.265 e. The highest BCUT2D eigenvalue weighted by Crippen LogP contribution is 2.12. The molecule has 0 spiro atoms. The number of hydrogen-bond donors (Lipinski definition) is 2. The van der Waals surface area contributed by atoms with Crippen molar-refractivity contribution in [3.05, 3.63) is 0 Å². The van der Waals surface area contributed by atoms with Gasteiger partial charge >= 0.3 is 0 Å². The molecule has 76 valence electrons. The van der Waals surface area contributed by atoms with Gasteiger partial charge in [-0.1, -0.05) is 0 Å². The number of aliphatic hydroxyl groups is 2. The van der Waals surface area contributed by atoms with E-state index in [1.54, 1.807) is 0 Å². The van der Waals surface area contributed by atoms with Crippen molar-refractivity contribution in [2.75, 3.05) is 13.1 Å². The summed E-state index contributed by atoms with van der Waals surface area (Å²) in [6.45, 7) is -0.379. The number of β-amino-alcohol motifs (C(OH)–C–C–N with tert-alkyl or cyclic N) is 2. The second kappa shape index (κ2) is 3.97. The zero-order valence-electron chi connectivity index (χ0n) is 6.86. The van der Waals surface area contributed by atoms with Gasteiger partial charge in [-0.2, -0.15) is 0 Å². The van der Waals surface area contributed by atoms with Crippen molar-refractivity contribution in [3.63, 3.8) is 0 Å². The first-order chi connectivity index (χ1) is 6.00. The van der Waals surface area contributed by atoms with Crippen LogP contribution in [0.4, 0.5) is 8.78 Å². The van der Waals surface area contributed by atoms with Crippen LogP contribution < -0.4 is 0 Å². The third-order valence-corrected chi connectivity index (χ3v) is 1.89. The van der Waals surface area contributed by atoms with Gasteiger partial charge in [0.15, 0.2) is 0 Å². The maximum atomic E-state index is 11.9. The van der Waals surface area contributed by atoms with Gasteiger partial charge < -0.3 is 15.1 Å². The Bertz CT molecular complexity index is 200. The highest BCUT2D eigenvalue weighted by Gasteiger charge is 2.31. The SMILES string of the molecule is O=C1CC(O)CN1CC(O)C(F)F. The molecule has 0 saturated carbocycles. The van der Waals surface area contributed by atoms with Crippen LogP contribution in [0.15, 0.2) is 0 Å². The number of carbonyl (C=O) groups is 1. The minimum atomic E-state index is -2.86. The van der Waals surface area contributed by atoms with E-state index in [1.165, 1.54) is 0 Å². The number of amides is 1. The molecule has 1 saturated heterocycles. The van der Waals surface area contributed by atoms with Gasteiger partial charge in [-0.3, -0.25) is 4.79 Å². The second-order valence-electron chi connectivity index (χ2n) is 3.06. The molecule has 1 amide bonds. The topological polar surface area (TPSA) is 60.8 Å². The van der Waals surface area contributed by atoms with E-state index in [0.29, 0.717) is 0 Å². The number of hydrogen-bond acceptors (Lipinski definition) is 3. The quantitative estimate of drug-likeness (QED) is 0.620. The van der Waals surface area contributed by atoms with Crippen molar-refractivity contribution in [3.8, 4) is 0 Å². The summed E-state index contributed by atoms with van der Waals surface area (Å²) in [5, 5.41) is 17.8. The summed E-state index contributed by atoms with van der Waals surface area (Å²) in [7, 11) is 0. The average Bonchev–Trinajstić information content (AvgIpc) is 2.30. The molecule has 1 rings (SSSR count). The lowest BCUT2D eigenvalue weighted by atomic mass is 10.3. The van der Waals surface area contributed by atoms with E-state index < -0.39 is 31.1 Å². The van der Waals surface area contributed by atoms with E-state index in [2.05, 4.69) is 0 Å². The minimum Gasteiger partial charge on any atom is -0.391 e. The lowest BCUT2D eigenvalue weighted by Crippen LogP contribution is -2.37. The standard InChI is InChI=1S/C7H11F2NO3/c8-7(9)5(12)3-10-2-4(11)1-6(10)13/h4-5,7,11-12H,1-3H2. The molecule has 0 aromatic carbocycles. The number of nitrogens with zero attached hydrogens (tertiary/aromatic N) is 1. The van der Waals surface area contributed by atoms with Crippen molar-refractivity contribution in [1.29, 1.82) is 0 Å². The fourth-order valence-electron chi connectivity index (χ4n) is 1.23. The van der Waals surface area contributed by atoms with Gasteiger partial charge in [-0.15, -0.1) is 0 Å². The average molecular weight is 195 g/mol. The van der Waals surface area contributed by atoms with Gasteiger partial charge in [-0.05, 0) is 0 Å². The maximum Gasteiger partial charge on any atom is 0.265 e. The summed E-state index contributed by atoms with van der Waals surface area (Å²) in [6, 6.07) is 0. The Hall–Kier alpha value is -0.750. The molecule has 0 radical (unpaired) electrons. The molecule has 0 aromatic heterocycles. The summed E-state index contributed by atoms with van der Waals surface area (Å²) >= 11 is 0. The number of likely N-dealkylation sites (tertiary alicyclic amines) is 1. The van der Waals surface area contributed by atoms with Gasteiger partial charge in [0.1, 0.15) is 6.10 Å². The Kier molecular flexibility index (Phi) is 3.16. The Morgan fingerprint density at radius 3 is 2.62 bits per heavy atom. The van der Waals surface area contributed by atoms with E-state index in [-0.39, 0.29) is 13.0 Å². The predicted molar refractivity (Wildman–Crippen MR) is 39.2 cm³/mol. The molecular weight excluding hydrogens is 184 g/mol. The highest BCUT2D eigenvalue weighted by atomic mass is 19.3. The van der Waals surface area contributed by atoms with E-state index in [9.17, 15) is 13.6 Å². The van der Waals surface area contributed by atoms with Crippen LogP contribution in [0.5, 0.6) is 0 Å². The molecule has 13 heavy (non-hydrogen) atoms. The van der Waals surface area contributed by atoms with E-state index in [1.807, 2.05) is 0 Å². The Morgan fingerprint density at radius 2 is 2.23 bits per heavy atom. The number of alkyl halides is 2. The van der Waals surface area contributed by atoms with Crippen molar-refractivity contribution >= 4 is 5.91 Å². The fraction of sp³-hybridized carbons (Fsp3) is 0.857. The lowest BCUT2D eigenvalue weighted by molar-refractivity contribution is -0.130. The molecule has 0 aromatic rings. The third kappa shape index (κ3) is 2.60.